The molecule has 1 aliphatic rings. The van der Waals surface area contributed by atoms with Crippen molar-refractivity contribution in [2.75, 3.05) is 13.2 Å². The Bertz CT molecular complexity index is 433. The molecule has 1 N–H and O–H groups in total. The molecule has 18 heavy (non-hydrogen) atoms. The van der Waals surface area contributed by atoms with Crippen LogP contribution in [0, 0.1) is 10.1 Å². The molecule has 1 aromatic rings. The molecule has 5 nitrogen and oxygen atoms in total. The van der Waals surface area contributed by atoms with Gasteiger partial charge in [-0.1, -0.05) is 18.0 Å². The van der Waals surface area contributed by atoms with E-state index in [2.05, 4.69) is 5.32 Å². The van der Waals surface area contributed by atoms with E-state index < -0.39 is 4.92 Å². The Kier molecular flexibility index (Phi) is 4.38. The first-order valence-electron chi connectivity index (χ1n) is 5.97. The van der Waals surface area contributed by atoms with E-state index in [-0.39, 0.29) is 17.5 Å². The quantitative estimate of drug-likeness (QED) is 0.675. The number of nitro benzene ring substituents is 1. The molecule has 1 heterocycles. The number of nitrogens with one attached hydrogen (secondary N) is 1. The summed E-state index contributed by atoms with van der Waals surface area (Å²) in [6.07, 6.45) is 3.39. The highest BCUT2D eigenvalue weighted by atomic mass is 35.5. The van der Waals surface area contributed by atoms with Gasteiger partial charge in [0.15, 0.2) is 5.75 Å². The second kappa shape index (κ2) is 6.02. The van der Waals surface area contributed by atoms with Gasteiger partial charge < -0.3 is 10.1 Å². The smallest absolute Gasteiger partial charge is 0.312 e. The number of piperidine rings is 1. The lowest BCUT2D eigenvalue weighted by Crippen LogP contribution is -2.38. The molecule has 0 saturated carbocycles. The molecule has 1 unspecified atom stereocenters. The third-order valence-electron chi connectivity index (χ3n) is 2.97. The fourth-order valence-electron chi connectivity index (χ4n) is 2.01. The van der Waals surface area contributed by atoms with Gasteiger partial charge in [0.1, 0.15) is 6.61 Å². The molecule has 0 radical (unpaired) electrons. The van der Waals surface area contributed by atoms with E-state index in [1.807, 2.05) is 0 Å². The van der Waals surface area contributed by atoms with Crippen LogP contribution >= 0.6 is 11.6 Å². The number of benzene rings is 1. The van der Waals surface area contributed by atoms with Gasteiger partial charge in [0, 0.05) is 17.1 Å². The summed E-state index contributed by atoms with van der Waals surface area (Å²) in [7, 11) is 0. The van der Waals surface area contributed by atoms with Crippen LogP contribution in [0.1, 0.15) is 19.3 Å². The Balaban J connectivity index is 2.01. The lowest BCUT2D eigenvalue weighted by Gasteiger charge is -2.23. The Morgan fingerprint density at radius 2 is 2.33 bits per heavy atom. The molecule has 98 valence electrons. The van der Waals surface area contributed by atoms with Crippen LogP contribution in [0.4, 0.5) is 5.69 Å². The van der Waals surface area contributed by atoms with E-state index >= 15 is 0 Å². The van der Waals surface area contributed by atoms with Gasteiger partial charge in [-0.15, -0.1) is 0 Å². The van der Waals surface area contributed by atoms with Crippen LogP contribution in [0.15, 0.2) is 18.2 Å². The largest absolute Gasteiger partial charge is 0.485 e. The average Bonchev–Trinajstić information content (AvgIpc) is 2.38. The van der Waals surface area contributed by atoms with Crippen LogP contribution in [-0.2, 0) is 0 Å². The first-order chi connectivity index (χ1) is 8.66. The van der Waals surface area contributed by atoms with Crippen LogP contribution in [0.3, 0.4) is 0 Å². The summed E-state index contributed by atoms with van der Waals surface area (Å²) >= 11 is 5.74. The summed E-state index contributed by atoms with van der Waals surface area (Å²) in [6.45, 7) is 1.43. The van der Waals surface area contributed by atoms with Crippen molar-refractivity contribution in [3.05, 3.63) is 33.3 Å². The van der Waals surface area contributed by atoms with Gasteiger partial charge in [0.2, 0.25) is 0 Å². The van der Waals surface area contributed by atoms with E-state index in [0.717, 1.165) is 13.0 Å². The van der Waals surface area contributed by atoms with Crippen molar-refractivity contribution in [1.29, 1.82) is 0 Å². The summed E-state index contributed by atoms with van der Waals surface area (Å²) in [5.41, 5.74) is -0.0849. The molecule has 0 aromatic heterocycles. The number of hydrogen-bond donors (Lipinski definition) is 1. The van der Waals surface area contributed by atoms with Crippen LogP contribution < -0.4 is 10.1 Å². The molecule has 0 aliphatic carbocycles. The third kappa shape index (κ3) is 3.34. The van der Waals surface area contributed by atoms with Gasteiger partial charge in [0.25, 0.3) is 0 Å². The lowest BCUT2D eigenvalue weighted by atomic mass is 10.1. The first-order valence-corrected chi connectivity index (χ1v) is 6.35. The fraction of sp³-hybridized carbons (Fsp3) is 0.500. The van der Waals surface area contributed by atoms with Gasteiger partial charge in [-0.2, -0.15) is 0 Å². The molecule has 0 spiro atoms. The molecule has 0 bridgehead atoms. The fourth-order valence-corrected chi connectivity index (χ4v) is 2.18. The molecule has 6 heteroatoms. The van der Waals surface area contributed by atoms with Gasteiger partial charge in [0.05, 0.1) is 4.92 Å². The number of nitro groups is 1. The highest BCUT2D eigenvalue weighted by molar-refractivity contribution is 6.30. The summed E-state index contributed by atoms with van der Waals surface area (Å²) in [6, 6.07) is 4.72. The number of ether oxygens (including phenoxy) is 1. The van der Waals surface area contributed by atoms with E-state index in [0.29, 0.717) is 11.6 Å². The maximum atomic E-state index is 10.9. The van der Waals surface area contributed by atoms with Crippen molar-refractivity contribution in [3.8, 4) is 5.75 Å². The van der Waals surface area contributed by atoms with Gasteiger partial charge in [-0.3, -0.25) is 10.1 Å². The monoisotopic (exact) mass is 270 g/mol. The SMILES string of the molecule is O=[N+]([O-])c1cc(Cl)ccc1OCC1CCCCN1. The predicted octanol–water partition coefficient (Wildman–Crippen LogP) is 2.77. The van der Waals surface area contributed by atoms with Crippen molar-refractivity contribution < 1.29 is 9.66 Å². The van der Waals surface area contributed by atoms with Crippen molar-refractivity contribution in [3.63, 3.8) is 0 Å². The maximum absolute atomic E-state index is 10.9. The molecule has 1 atom stereocenters. The summed E-state index contributed by atoms with van der Waals surface area (Å²) in [5.74, 6) is 0.275. The zero-order valence-electron chi connectivity index (χ0n) is 9.89. The van der Waals surface area contributed by atoms with Gasteiger partial charge >= 0.3 is 5.69 Å². The summed E-state index contributed by atoms with van der Waals surface area (Å²) in [4.78, 5) is 10.4. The van der Waals surface area contributed by atoms with Crippen molar-refractivity contribution in [1.82, 2.24) is 5.32 Å². The minimum Gasteiger partial charge on any atom is -0.485 e. The molecule has 1 fully saturated rings. The van der Waals surface area contributed by atoms with E-state index in [9.17, 15) is 10.1 Å². The average molecular weight is 271 g/mol. The number of nitrogens with zero attached hydrogens (tertiary/aromatic N) is 1. The van der Waals surface area contributed by atoms with Crippen molar-refractivity contribution in [2.24, 2.45) is 0 Å². The zero-order valence-corrected chi connectivity index (χ0v) is 10.7. The van der Waals surface area contributed by atoms with Crippen molar-refractivity contribution in [2.45, 2.75) is 25.3 Å². The second-order valence-corrected chi connectivity index (χ2v) is 4.76. The minimum atomic E-state index is -0.477. The zero-order chi connectivity index (χ0) is 13.0. The molecule has 0 amide bonds. The van der Waals surface area contributed by atoms with Gasteiger partial charge in [-0.25, -0.2) is 0 Å². The van der Waals surface area contributed by atoms with Crippen LogP contribution in [0.5, 0.6) is 5.75 Å². The Hall–Kier alpha value is -1.33. The van der Waals surface area contributed by atoms with Gasteiger partial charge in [-0.05, 0) is 31.5 Å². The molecular formula is C12H15ClN2O3. The summed E-state index contributed by atoms with van der Waals surface area (Å²) in [5, 5.41) is 14.5. The normalized spacial score (nSPS) is 19.5. The van der Waals surface area contributed by atoms with E-state index in [4.69, 9.17) is 16.3 Å². The Morgan fingerprint density at radius 1 is 1.50 bits per heavy atom. The Labute approximate surface area is 110 Å². The molecule has 1 aromatic carbocycles. The predicted molar refractivity (Wildman–Crippen MR) is 69.2 cm³/mol. The number of rotatable bonds is 4. The van der Waals surface area contributed by atoms with Crippen molar-refractivity contribution >= 4 is 17.3 Å². The lowest BCUT2D eigenvalue weighted by molar-refractivity contribution is -0.385. The van der Waals surface area contributed by atoms with E-state index in [1.165, 1.54) is 18.9 Å². The standard InChI is InChI=1S/C12H15ClN2O3/c13-9-4-5-12(11(7-9)15(16)17)18-8-10-3-1-2-6-14-10/h4-5,7,10,14H,1-3,6,8H2. The molecular weight excluding hydrogens is 256 g/mol. The third-order valence-corrected chi connectivity index (χ3v) is 3.21. The molecule has 2 rings (SSSR count). The highest BCUT2D eigenvalue weighted by Gasteiger charge is 2.18. The van der Waals surface area contributed by atoms with Crippen LogP contribution in [0.25, 0.3) is 0 Å². The van der Waals surface area contributed by atoms with Crippen LogP contribution in [0.2, 0.25) is 5.02 Å². The Morgan fingerprint density at radius 3 is 3.00 bits per heavy atom. The summed E-state index contributed by atoms with van der Waals surface area (Å²) < 4.78 is 5.53. The minimum absolute atomic E-state index is 0.0849. The van der Waals surface area contributed by atoms with Crippen LogP contribution in [-0.4, -0.2) is 24.1 Å². The molecule has 1 saturated heterocycles. The van der Waals surface area contributed by atoms with E-state index in [1.54, 1.807) is 12.1 Å². The number of hydrogen-bond acceptors (Lipinski definition) is 4. The number of halogens is 1. The second-order valence-electron chi connectivity index (χ2n) is 4.33. The molecule has 1 aliphatic heterocycles. The first kappa shape index (κ1) is 13.1. The highest BCUT2D eigenvalue weighted by Crippen LogP contribution is 2.30. The topological polar surface area (TPSA) is 64.4 Å². The maximum Gasteiger partial charge on any atom is 0.312 e.